The molecular weight excluding hydrogens is 114 g/mol. The van der Waals surface area contributed by atoms with Gasteiger partial charge in [0.2, 0.25) is 0 Å². The third-order valence-electron chi connectivity index (χ3n) is 0.424. The van der Waals surface area contributed by atoms with Gasteiger partial charge in [0.05, 0.1) is 0 Å². The van der Waals surface area contributed by atoms with Crippen molar-refractivity contribution in [2.75, 3.05) is 5.75 Å². The largest absolute Gasteiger partial charge is 0.102 e. The van der Waals surface area contributed by atoms with E-state index >= 15 is 0 Å². The molecule has 0 spiro atoms. The van der Waals surface area contributed by atoms with Crippen molar-refractivity contribution in [2.24, 2.45) is 0 Å². The molecule has 1 rings (SSSR count). The van der Waals surface area contributed by atoms with Crippen LogP contribution in [0.15, 0.2) is 11.5 Å². The second-order valence-corrected chi connectivity index (χ2v) is 2.52. The van der Waals surface area contributed by atoms with Crippen molar-refractivity contribution in [2.45, 2.75) is 0 Å². The fourth-order valence-electron chi connectivity index (χ4n) is 0.211. The first-order chi connectivity index (χ1) is 3.00. The fourth-order valence-corrected chi connectivity index (χ4v) is 1.38. The van der Waals surface area contributed by atoms with Crippen LogP contribution in [-0.2, 0) is 0 Å². The molecular formula is C3H4NS2. The third-order valence-corrected chi connectivity index (χ3v) is 1.85. The molecule has 0 saturated carbocycles. The summed E-state index contributed by atoms with van der Waals surface area (Å²) in [6.45, 7) is 0. The molecule has 0 N–H and O–H groups in total. The highest BCUT2D eigenvalue weighted by Gasteiger charge is 1.88. The zero-order chi connectivity index (χ0) is 4.24. The van der Waals surface area contributed by atoms with E-state index in [2.05, 4.69) is 10.2 Å². The van der Waals surface area contributed by atoms with Crippen LogP contribution in [0.4, 0.5) is 0 Å². The zero-order valence-corrected chi connectivity index (χ0v) is 4.76. The lowest BCUT2D eigenvalue weighted by Crippen LogP contribution is -1.83. The van der Waals surface area contributed by atoms with Crippen LogP contribution in [0.3, 0.4) is 0 Å². The monoisotopic (exact) mass is 118 g/mol. The summed E-state index contributed by atoms with van der Waals surface area (Å²) in [6.07, 6.45) is 2.10. The SMILES string of the molecule is C1=CS[N]SC1. The number of hydrogen-bond donors (Lipinski definition) is 0. The highest BCUT2D eigenvalue weighted by molar-refractivity contribution is 8.14. The maximum Gasteiger partial charge on any atom is 0.0293 e. The molecule has 0 amide bonds. The van der Waals surface area contributed by atoms with Crippen molar-refractivity contribution in [1.29, 1.82) is 0 Å². The van der Waals surface area contributed by atoms with E-state index in [0.29, 0.717) is 0 Å². The lowest BCUT2D eigenvalue weighted by atomic mass is 10.8. The highest BCUT2D eigenvalue weighted by Crippen LogP contribution is 2.13. The lowest BCUT2D eigenvalue weighted by Gasteiger charge is -1.96. The number of rotatable bonds is 0. The first kappa shape index (κ1) is 4.56. The summed E-state index contributed by atoms with van der Waals surface area (Å²) >= 11 is 3.10. The third kappa shape index (κ3) is 1.24. The Morgan fingerprint density at radius 2 is 2.67 bits per heavy atom. The Morgan fingerprint density at radius 3 is 2.83 bits per heavy atom. The number of hydrogen-bond acceptors (Lipinski definition) is 2. The Balaban J connectivity index is 2.26. The molecule has 0 aromatic heterocycles. The van der Waals surface area contributed by atoms with Crippen molar-refractivity contribution in [3.05, 3.63) is 11.5 Å². The predicted octanol–water partition coefficient (Wildman–Crippen LogP) is 1.41. The minimum atomic E-state index is 1.05. The summed E-state index contributed by atoms with van der Waals surface area (Å²) in [6, 6.07) is 0. The fraction of sp³-hybridized carbons (Fsp3) is 0.333. The molecule has 1 radical (unpaired) electrons. The minimum absolute atomic E-state index is 1.05. The Kier molecular flexibility index (Phi) is 1.94. The average Bonchev–Trinajstić information content (AvgIpc) is 1.72. The van der Waals surface area contributed by atoms with Crippen molar-refractivity contribution >= 4 is 23.9 Å². The molecule has 1 aliphatic heterocycles. The molecule has 1 heterocycles. The van der Waals surface area contributed by atoms with E-state index in [9.17, 15) is 0 Å². The van der Waals surface area contributed by atoms with Crippen LogP contribution in [0.5, 0.6) is 0 Å². The van der Waals surface area contributed by atoms with Gasteiger partial charge in [0, 0.05) is 5.75 Å². The molecule has 3 heteroatoms. The molecule has 33 valence electrons. The highest BCUT2D eigenvalue weighted by atomic mass is 32.2. The predicted molar refractivity (Wildman–Crippen MR) is 31.3 cm³/mol. The van der Waals surface area contributed by atoms with Gasteiger partial charge in [-0.3, -0.25) is 0 Å². The van der Waals surface area contributed by atoms with Gasteiger partial charge in [-0.15, -0.1) is 4.13 Å². The van der Waals surface area contributed by atoms with E-state index in [4.69, 9.17) is 0 Å². The molecule has 0 atom stereocenters. The molecule has 6 heavy (non-hydrogen) atoms. The summed E-state index contributed by atoms with van der Waals surface area (Å²) in [5.41, 5.74) is 0. The first-order valence-corrected chi connectivity index (χ1v) is 3.41. The Bertz CT molecular complexity index is 53.8. The summed E-state index contributed by atoms with van der Waals surface area (Å²) < 4.78 is 3.92. The van der Waals surface area contributed by atoms with Crippen molar-refractivity contribution in [3.63, 3.8) is 0 Å². The van der Waals surface area contributed by atoms with Crippen LogP contribution in [0, 0.1) is 0 Å². The molecule has 0 bridgehead atoms. The summed E-state index contributed by atoms with van der Waals surface area (Å²) in [4.78, 5) is 0. The van der Waals surface area contributed by atoms with Crippen LogP contribution < -0.4 is 4.13 Å². The van der Waals surface area contributed by atoms with Gasteiger partial charge < -0.3 is 0 Å². The van der Waals surface area contributed by atoms with Crippen molar-refractivity contribution < 1.29 is 0 Å². The van der Waals surface area contributed by atoms with E-state index in [1.54, 1.807) is 11.9 Å². The summed E-state index contributed by atoms with van der Waals surface area (Å²) in [5, 5.41) is 2.00. The van der Waals surface area contributed by atoms with E-state index in [0.717, 1.165) is 5.75 Å². The molecule has 1 aliphatic rings. The van der Waals surface area contributed by atoms with Crippen LogP contribution in [-0.4, -0.2) is 5.75 Å². The maximum atomic E-state index is 3.92. The molecule has 0 unspecified atom stereocenters. The molecule has 0 aromatic rings. The zero-order valence-electron chi connectivity index (χ0n) is 3.13. The van der Waals surface area contributed by atoms with Crippen molar-refractivity contribution in [1.82, 2.24) is 4.13 Å². The first-order valence-electron chi connectivity index (χ1n) is 1.63. The average molecular weight is 118 g/mol. The van der Waals surface area contributed by atoms with Crippen molar-refractivity contribution in [3.8, 4) is 0 Å². The van der Waals surface area contributed by atoms with Gasteiger partial charge in [-0.1, -0.05) is 6.08 Å². The summed E-state index contributed by atoms with van der Waals surface area (Å²) in [5.74, 6) is 1.05. The quantitative estimate of drug-likeness (QED) is 0.446. The van der Waals surface area contributed by atoms with Gasteiger partial charge in [-0.25, -0.2) is 0 Å². The van der Waals surface area contributed by atoms with Gasteiger partial charge in [0.1, 0.15) is 0 Å². The van der Waals surface area contributed by atoms with E-state index in [1.807, 2.05) is 5.41 Å². The van der Waals surface area contributed by atoms with E-state index in [1.165, 1.54) is 11.9 Å². The van der Waals surface area contributed by atoms with Crippen LogP contribution in [0.2, 0.25) is 0 Å². The summed E-state index contributed by atoms with van der Waals surface area (Å²) in [7, 11) is 0. The molecule has 0 saturated heterocycles. The lowest BCUT2D eigenvalue weighted by molar-refractivity contribution is 1.64. The topological polar surface area (TPSA) is 14.1 Å². The van der Waals surface area contributed by atoms with Gasteiger partial charge >= 0.3 is 0 Å². The van der Waals surface area contributed by atoms with Crippen LogP contribution in [0.1, 0.15) is 0 Å². The number of nitrogens with zero attached hydrogens (tertiary/aromatic N) is 1. The van der Waals surface area contributed by atoms with E-state index < -0.39 is 0 Å². The smallest absolute Gasteiger partial charge is 0.0293 e. The normalized spacial score (nSPS) is 21.3. The minimum Gasteiger partial charge on any atom is -0.102 e. The second-order valence-electron chi connectivity index (χ2n) is 0.847. The molecule has 1 nitrogen and oxygen atoms in total. The van der Waals surface area contributed by atoms with Gasteiger partial charge in [-0.05, 0) is 29.3 Å². The molecule has 0 aliphatic carbocycles. The van der Waals surface area contributed by atoms with E-state index in [-0.39, 0.29) is 0 Å². The van der Waals surface area contributed by atoms with Crippen LogP contribution >= 0.6 is 23.9 Å². The second kappa shape index (κ2) is 2.55. The maximum absolute atomic E-state index is 3.92. The molecule has 0 fully saturated rings. The van der Waals surface area contributed by atoms with Crippen LogP contribution in [0.25, 0.3) is 0 Å². The Labute approximate surface area is 45.8 Å². The standard InChI is InChI=1S/C3H4NS2/c1-2-5-4-6-3-1/h1-2H,3H2. The van der Waals surface area contributed by atoms with Gasteiger partial charge in [-0.2, -0.15) is 0 Å². The molecule has 0 aromatic carbocycles. The van der Waals surface area contributed by atoms with Gasteiger partial charge in [0.25, 0.3) is 0 Å². The Hall–Kier alpha value is 0.400. The van der Waals surface area contributed by atoms with Gasteiger partial charge in [0.15, 0.2) is 0 Å². The Morgan fingerprint density at radius 1 is 1.67 bits per heavy atom.